The molecule has 0 spiro atoms. The van der Waals surface area contributed by atoms with Gasteiger partial charge in [0, 0.05) is 17.6 Å². The number of rotatable bonds is 2. The lowest BCUT2D eigenvalue weighted by Crippen LogP contribution is -2.32. The molecule has 2 aromatic rings. The minimum absolute atomic E-state index is 0.339. The van der Waals surface area contributed by atoms with Crippen molar-refractivity contribution in [3.05, 3.63) is 54.1 Å². The summed E-state index contributed by atoms with van der Waals surface area (Å²) >= 11 is 0. The van der Waals surface area contributed by atoms with Crippen LogP contribution in [0, 0.1) is 11.8 Å². The summed E-state index contributed by atoms with van der Waals surface area (Å²) in [7, 11) is -3.48. The molecule has 25 heavy (non-hydrogen) atoms. The van der Waals surface area contributed by atoms with Crippen LogP contribution in [-0.2, 0) is 9.84 Å². The van der Waals surface area contributed by atoms with E-state index in [0.717, 1.165) is 24.3 Å². The van der Waals surface area contributed by atoms with Crippen molar-refractivity contribution in [3.63, 3.8) is 0 Å². The highest BCUT2D eigenvalue weighted by Crippen LogP contribution is 2.45. The Morgan fingerprint density at radius 1 is 0.920 bits per heavy atom. The number of sulfone groups is 1. The second-order valence-corrected chi connectivity index (χ2v) is 9.32. The Hall–Kier alpha value is -1.85. The lowest BCUT2D eigenvalue weighted by molar-refractivity contribution is 0.402. The Balaban J connectivity index is 1.78. The topological polar surface area (TPSA) is 58.2 Å². The van der Waals surface area contributed by atoms with Gasteiger partial charge in [-0.1, -0.05) is 32.0 Å². The van der Waals surface area contributed by atoms with Crippen LogP contribution in [0.15, 0.2) is 58.3 Å². The smallest absolute Gasteiger partial charge is 0.206 e. The molecule has 2 aromatic carbocycles. The van der Waals surface area contributed by atoms with Gasteiger partial charge in [-0.25, -0.2) is 8.42 Å². The number of benzene rings is 2. The van der Waals surface area contributed by atoms with E-state index in [1.165, 1.54) is 0 Å². The highest BCUT2D eigenvalue weighted by Gasteiger charge is 2.40. The summed E-state index contributed by atoms with van der Waals surface area (Å²) in [5.74, 6) is 1.29. The fourth-order valence-electron chi connectivity index (χ4n) is 4.26. The molecule has 0 amide bonds. The van der Waals surface area contributed by atoms with Crippen LogP contribution in [0.1, 0.15) is 25.3 Å². The number of fused-ring (bicyclic) bond motifs is 3. The molecule has 2 aliphatic rings. The standard InChI is InChI=1S/C20H24N2O2S/c1-13-11-21-12-14(2)20-19(13)17-10-16(8-9-18(17)22-20)25(23,24)15-6-4-3-5-7-15/h3-10,13-14,19-22H,11-12H2,1-2H3/t13?,14?,19-,20+/m0/s1. The monoisotopic (exact) mass is 356 g/mol. The van der Waals surface area contributed by atoms with Gasteiger partial charge in [-0.15, -0.1) is 0 Å². The zero-order valence-electron chi connectivity index (χ0n) is 14.6. The van der Waals surface area contributed by atoms with Crippen molar-refractivity contribution in [2.75, 3.05) is 18.4 Å². The van der Waals surface area contributed by atoms with Gasteiger partial charge in [-0.3, -0.25) is 0 Å². The summed E-state index contributed by atoms with van der Waals surface area (Å²) in [5.41, 5.74) is 2.23. The fraction of sp³-hybridized carbons (Fsp3) is 0.400. The molecule has 0 aromatic heterocycles. The summed E-state index contributed by atoms with van der Waals surface area (Å²) < 4.78 is 25.9. The van der Waals surface area contributed by atoms with Crippen molar-refractivity contribution in [1.29, 1.82) is 0 Å². The van der Waals surface area contributed by atoms with Gasteiger partial charge >= 0.3 is 0 Å². The second-order valence-electron chi connectivity index (χ2n) is 7.37. The van der Waals surface area contributed by atoms with E-state index in [9.17, 15) is 8.42 Å². The van der Waals surface area contributed by atoms with Crippen molar-refractivity contribution in [2.45, 2.75) is 35.6 Å². The van der Waals surface area contributed by atoms with Crippen LogP contribution in [-0.4, -0.2) is 27.5 Å². The van der Waals surface area contributed by atoms with Crippen molar-refractivity contribution in [2.24, 2.45) is 11.8 Å². The molecule has 2 heterocycles. The molecular formula is C20H24N2O2S. The average Bonchev–Trinajstić information content (AvgIpc) is 2.94. The maximum absolute atomic E-state index is 13.0. The first-order valence-electron chi connectivity index (χ1n) is 8.90. The van der Waals surface area contributed by atoms with Gasteiger partial charge in [0.25, 0.3) is 0 Å². The summed E-state index contributed by atoms with van der Waals surface area (Å²) in [6.45, 7) is 6.45. The SMILES string of the molecule is CC1CNCC(C)[C@H]2c3cc(S(=O)(=O)c4ccccc4)ccc3N[C@H]12. The van der Waals surface area contributed by atoms with Gasteiger partial charge in [0.05, 0.1) is 9.79 Å². The summed E-state index contributed by atoms with van der Waals surface area (Å²) in [6.07, 6.45) is 0. The summed E-state index contributed by atoms with van der Waals surface area (Å²) in [5, 5.41) is 7.16. The predicted octanol–water partition coefficient (Wildman–Crippen LogP) is 3.27. The molecule has 2 N–H and O–H groups in total. The van der Waals surface area contributed by atoms with Gasteiger partial charge in [-0.2, -0.15) is 0 Å². The fourth-order valence-corrected chi connectivity index (χ4v) is 5.58. The first-order chi connectivity index (χ1) is 12.0. The van der Waals surface area contributed by atoms with Crippen LogP contribution in [0.2, 0.25) is 0 Å². The van der Waals surface area contributed by atoms with E-state index in [4.69, 9.17) is 0 Å². The normalized spacial score (nSPS) is 28.6. The van der Waals surface area contributed by atoms with Gasteiger partial charge in [0.2, 0.25) is 9.84 Å². The summed E-state index contributed by atoms with van der Waals surface area (Å²) in [6, 6.07) is 14.6. The van der Waals surface area contributed by atoms with Gasteiger partial charge in [-0.05, 0) is 60.8 Å². The lowest BCUT2D eigenvalue weighted by atomic mass is 9.81. The highest BCUT2D eigenvalue weighted by molar-refractivity contribution is 7.91. The third-order valence-electron chi connectivity index (χ3n) is 5.61. The Morgan fingerprint density at radius 2 is 1.64 bits per heavy atom. The Labute approximate surface area is 149 Å². The van der Waals surface area contributed by atoms with E-state index in [2.05, 4.69) is 24.5 Å². The van der Waals surface area contributed by atoms with Crippen molar-refractivity contribution in [3.8, 4) is 0 Å². The van der Waals surface area contributed by atoms with Crippen LogP contribution in [0.25, 0.3) is 0 Å². The Morgan fingerprint density at radius 3 is 2.40 bits per heavy atom. The molecular weight excluding hydrogens is 332 g/mol. The first kappa shape index (κ1) is 16.6. The van der Waals surface area contributed by atoms with Crippen molar-refractivity contribution in [1.82, 2.24) is 5.32 Å². The molecule has 0 saturated carbocycles. The molecule has 0 aliphatic carbocycles. The average molecular weight is 356 g/mol. The van der Waals surface area contributed by atoms with Crippen LogP contribution >= 0.6 is 0 Å². The first-order valence-corrected chi connectivity index (χ1v) is 10.4. The largest absolute Gasteiger partial charge is 0.381 e. The van der Waals surface area contributed by atoms with Crippen LogP contribution in [0.5, 0.6) is 0 Å². The van der Waals surface area contributed by atoms with Crippen LogP contribution < -0.4 is 10.6 Å². The molecule has 4 rings (SSSR count). The maximum Gasteiger partial charge on any atom is 0.206 e. The maximum atomic E-state index is 13.0. The second kappa shape index (κ2) is 6.15. The molecule has 1 fully saturated rings. The summed E-state index contributed by atoms with van der Waals surface area (Å²) in [4.78, 5) is 0.735. The number of anilines is 1. The van der Waals surface area contributed by atoms with Gasteiger partial charge < -0.3 is 10.6 Å². The molecule has 0 radical (unpaired) electrons. The molecule has 4 atom stereocenters. The van der Waals surface area contributed by atoms with E-state index in [1.807, 2.05) is 18.2 Å². The Bertz CT molecular complexity index is 880. The quantitative estimate of drug-likeness (QED) is 0.867. The number of hydrogen-bond acceptors (Lipinski definition) is 4. The van der Waals surface area contributed by atoms with Gasteiger partial charge in [0.1, 0.15) is 0 Å². The molecule has 5 heteroatoms. The molecule has 2 aliphatic heterocycles. The third-order valence-corrected chi connectivity index (χ3v) is 7.38. The van der Waals surface area contributed by atoms with E-state index < -0.39 is 9.84 Å². The molecule has 2 unspecified atom stereocenters. The zero-order chi connectivity index (χ0) is 17.6. The molecule has 0 bridgehead atoms. The molecule has 4 nitrogen and oxygen atoms in total. The van der Waals surface area contributed by atoms with Crippen molar-refractivity contribution >= 4 is 15.5 Å². The molecule has 132 valence electrons. The minimum Gasteiger partial charge on any atom is -0.381 e. The van der Waals surface area contributed by atoms with E-state index in [-0.39, 0.29) is 0 Å². The van der Waals surface area contributed by atoms with E-state index >= 15 is 0 Å². The predicted molar refractivity (Wildman–Crippen MR) is 99.7 cm³/mol. The van der Waals surface area contributed by atoms with E-state index in [1.54, 1.807) is 30.3 Å². The zero-order valence-corrected chi connectivity index (χ0v) is 15.4. The minimum atomic E-state index is -3.48. The third kappa shape index (κ3) is 2.75. The lowest BCUT2D eigenvalue weighted by Gasteiger charge is -2.26. The highest BCUT2D eigenvalue weighted by atomic mass is 32.2. The van der Waals surface area contributed by atoms with E-state index in [0.29, 0.717) is 33.6 Å². The van der Waals surface area contributed by atoms with Crippen molar-refractivity contribution < 1.29 is 8.42 Å². The van der Waals surface area contributed by atoms with Crippen LogP contribution in [0.4, 0.5) is 5.69 Å². The Kier molecular flexibility index (Phi) is 4.08. The van der Waals surface area contributed by atoms with Gasteiger partial charge in [0.15, 0.2) is 0 Å². The number of nitrogens with one attached hydrogen (secondary N) is 2. The van der Waals surface area contributed by atoms with Crippen LogP contribution in [0.3, 0.4) is 0 Å². The molecule has 1 saturated heterocycles. The number of hydrogen-bond donors (Lipinski definition) is 2.